The summed E-state index contributed by atoms with van der Waals surface area (Å²) in [6, 6.07) is 14.8. The van der Waals surface area contributed by atoms with Crippen LogP contribution in [0.15, 0.2) is 53.1 Å². The molecule has 0 bridgehead atoms. The monoisotopic (exact) mass is 454 g/mol. The number of likely N-dealkylation sites (tertiary alicyclic amines) is 1. The van der Waals surface area contributed by atoms with Crippen LogP contribution in [0.2, 0.25) is 5.02 Å². The van der Waals surface area contributed by atoms with Gasteiger partial charge in [-0.3, -0.25) is 9.69 Å². The van der Waals surface area contributed by atoms with Gasteiger partial charge in [-0.15, -0.1) is 0 Å². The number of amides is 1. The Balaban J connectivity index is 1.37. The topological polar surface area (TPSA) is 80.5 Å². The standard InChI is InChI=1S/C24H27ClN4O3/c1-16(2)31-21-8-4-3-7-20(21)26-24(30)18-6-5-13-29(14-18)15-22-27-23(28-32-22)17-9-11-19(25)12-10-17/h3-4,7-12,16,18H,5-6,13-15H2,1-2H3,(H,26,30). The molecule has 1 fully saturated rings. The molecule has 2 aromatic carbocycles. The van der Waals surface area contributed by atoms with Crippen LogP contribution in [-0.4, -0.2) is 40.1 Å². The van der Waals surface area contributed by atoms with Crippen LogP contribution < -0.4 is 10.1 Å². The number of hydrogen-bond donors (Lipinski definition) is 1. The van der Waals surface area contributed by atoms with Crippen molar-refractivity contribution in [2.75, 3.05) is 18.4 Å². The SMILES string of the molecule is CC(C)Oc1ccccc1NC(=O)C1CCCN(Cc2nc(-c3ccc(Cl)cc3)no2)C1. The number of benzene rings is 2. The van der Waals surface area contributed by atoms with Crippen LogP contribution in [0.5, 0.6) is 5.75 Å². The van der Waals surface area contributed by atoms with Crippen LogP contribution >= 0.6 is 11.6 Å². The lowest BCUT2D eigenvalue weighted by molar-refractivity contribution is -0.121. The second-order valence-corrected chi connectivity index (χ2v) is 8.68. The van der Waals surface area contributed by atoms with E-state index in [9.17, 15) is 4.79 Å². The fraction of sp³-hybridized carbons (Fsp3) is 0.375. The van der Waals surface area contributed by atoms with Gasteiger partial charge in [-0.2, -0.15) is 4.98 Å². The van der Waals surface area contributed by atoms with Gasteiger partial charge < -0.3 is 14.6 Å². The predicted octanol–water partition coefficient (Wildman–Crippen LogP) is 5.03. The molecular weight excluding hydrogens is 428 g/mol. The van der Waals surface area contributed by atoms with Crippen LogP contribution in [0, 0.1) is 5.92 Å². The van der Waals surface area contributed by atoms with Crippen LogP contribution in [0.4, 0.5) is 5.69 Å². The molecular formula is C24H27ClN4O3. The molecule has 0 radical (unpaired) electrons. The molecule has 1 atom stereocenters. The first-order valence-corrected chi connectivity index (χ1v) is 11.2. The molecule has 8 heteroatoms. The summed E-state index contributed by atoms with van der Waals surface area (Å²) in [5.74, 6) is 1.64. The maximum atomic E-state index is 13.0. The number of nitrogens with one attached hydrogen (secondary N) is 1. The van der Waals surface area contributed by atoms with Gasteiger partial charge in [0.2, 0.25) is 17.6 Å². The predicted molar refractivity (Wildman–Crippen MR) is 124 cm³/mol. The molecule has 7 nitrogen and oxygen atoms in total. The smallest absolute Gasteiger partial charge is 0.241 e. The minimum Gasteiger partial charge on any atom is -0.489 e. The van der Waals surface area contributed by atoms with E-state index in [-0.39, 0.29) is 17.9 Å². The van der Waals surface area contributed by atoms with Crippen molar-refractivity contribution in [1.29, 1.82) is 0 Å². The summed E-state index contributed by atoms with van der Waals surface area (Å²) in [5, 5.41) is 7.78. The first-order chi connectivity index (χ1) is 15.5. The van der Waals surface area contributed by atoms with Gasteiger partial charge in [0.15, 0.2) is 0 Å². The third kappa shape index (κ3) is 5.66. The molecule has 1 aliphatic heterocycles. The van der Waals surface area contributed by atoms with E-state index in [1.54, 1.807) is 12.1 Å². The number of halogens is 1. The number of piperidine rings is 1. The molecule has 0 saturated carbocycles. The number of ether oxygens (including phenoxy) is 1. The molecule has 4 rings (SSSR count). The van der Waals surface area contributed by atoms with Gasteiger partial charge >= 0.3 is 0 Å². The number of aromatic nitrogens is 2. The summed E-state index contributed by atoms with van der Waals surface area (Å²) in [7, 11) is 0. The highest BCUT2D eigenvalue weighted by Crippen LogP contribution is 2.27. The molecule has 1 N–H and O–H groups in total. The van der Waals surface area contributed by atoms with E-state index in [1.165, 1.54) is 0 Å². The zero-order chi connectivity index (χ0) is 22.5. The quantitative estimate of drug-likeness (QED) is 0.539. The minimum atomic E-state index is -0.116. The highest BCUT2D eigenvalue weighted by molar-refractivity contribution is 6.30. The van der Waals surface area contributed by atoms with Crippen molar-refractivity contribution < 1.29 is 14.1 Å². The first-order valence-electron chi connectivity index (χ1n) is 10.9. The van der Waals surface area contributed by atoms with E-state index in [0.717, 1.165) is 24.9 Å². The highest BCUT2D eigenvalue weighted by atomic mass is 35.5. The molecule has 0 spiro atoms. The average Bonchev–Trinajstić information content (AvgIpc) is 3.24. The Hall–Kier alpha value is -2.90. The minimum absolute atomic E-state index is 0.00175. The van der Waals surface area contributed by atoms with Gasteiger partial charge in [-0.1, -0.05) is 28.9 Å². The van der Waals surface area contributed by atoms with Gasteiger partial charge in [-0.05, 0) is 69.6 Å². The molecule has 32 heavy (non-hydrogen) atoms. The van der Waals surface area contributed by atoms with Crippen molar-refractivity contribution >= 4 is 23.2 Å². The van der Waals surface area contributed by atoms with E-state index >= 15 is 0 Å². The molecule has 1 amide bonds. The second kappa shape index (κ2) is 10.1. The van der Waals surface area contributed by atoms with E-state index in [0.29, 0.717) is 41.3 Å². The Morgan fingerprint density at radius 3 is 2.81 bits per heavy atom. The zero-order valence-electron chi connectivity index (χ0n) is 18.3. The van der Waals surface area contributed by atoms with Crippen LogP contribution in [0.25, 0.3) is 11.4 Å². The Morgan fingerprint density at radius 1 is 1.25 bits per heavy atom. The van der Waals surface area contributed by atoms with E-state index in [4.69, 9.17) is 20.9 Å². The Kier molecular flexibility index (Phi) is 7.07. The van der Waals surface area contributed by atoms with Crippen molar-refractivity contribution in [3.05, 3.63) is 59.4 Å². The maximum Gasteiger partial charge on any atom is 0.241 e. The Labute approximate surface area is 192 Å². The summed E-state index contributed by atoms with van der Waals surface area (Å²) < 4.78 is 11.3. The second-order valence-electron chi connectivity index (χ2n) is 8.24. The molecule has 1 unspecified atom stereocenters. The highest BCUT2D eigenvalue weighted by Gasteiger charge is 2.27. The Morgan fingerprint density at radius 2 is 2.03 bits per heavy atom. The maximum absolute atomic E-state index is 13.0. The van der Waals surface area contributed by atoms with Gasteiger partial charge in [0.1, 0.15) is 5.75 Å². The number of anilines is 1. The first kappa shape index (κ1) is 22.3. The van der Waals surface area contributed by atoms with Gasteiger partial charge in [0.25, 0.3) is 0 Å². The van der Waals surface area contributed by atoms with Crippen LogP contribution in [0.3, 0.4) is 0 Å². The molecule has 168 valence electrons. The van der Waals surface area contributed by atoms with Crippen molar-refractivity contribution in [3.8, 4) is 17.1 Å². The van der Waals surface area contributed by atoms with Crippen molar-refractivity contribution in [3.63, 3.8) is 0 Å². The lowest BCUT2D eigenvalue weighted by Crippen LogP contribution is -2.40. The molecule has 3 aromatic rings. The van der Waals surface area contributed by atoms with Crippen LogP contribution in [-0.2, 0) is 11.3 Å². The lowest BCUT2D eigenvalue weighted by atomic mass is 9.97. The summed E-state index contributed by atoms with van der Waals surface area (Å²) in [6.07, 6.45) is 1.81. The van der Waals surface area contributed by atoms with Crippen molar-refractivity contribution in [1.82, 2.24) is 15.0 Å². The van der Waals surface area contributed by atoms with Crippen molar-refractivity contribution in [2.45, 2.75) is 39.3 Å². The Bertz CT molecular complexity index is 1050. The fourth-order valence-electron chi connectivity index (χ4n) is 3.80. The molecule has 2 heterocycles. The van der Waals surface area contributed by atoms with E-state index in [1.807, 2.05) is 50.2 Å². The third-order valence-electron chi connectivity index (χ3n) is 5.31. The average molecular weight is 455 g/mol. The molecule has 1 aliphatic rings. The van der Waals surface area contributed by atoms with Gasteiger partial charge in [0, 0.05) is 17.1 Å². The number of para-hydroxylation sites is 2. The largest absolute Gasteiger partial charge is 0.489 e. The van der Waals surface area contributed by atoms with Crippen LogP contribution in [0.1, 0.15) is 32.6 Å². The molecule has 1 aromatic heterocycles. The number of rotatable bonds is 7. The summed E-state index contributed by atoms with van der Waals surface area (Å²) in [4.78, 5) is 19.6. The molecule has 1 saturated heterocycles. The van der Waals surface area contributed by atoms with Gasteiger partial charge in [-0.25, -0.2) is 0 Å². The fourth-order valence-corrected chi connectivity index (χ4v) is 3.93. The number of carbonyl (C=O) groups excluding carboxylic acids is 1. The van der Waals surface area contributed by atoms with E-state index < -0.39 is 0 Å². The zero-order valence-corrected chi connectivity index (χ0v) is 19.0. The summed E-state index contributed by atoms with van der Waals surface area (Å²) in [6.45, 7) is 5.96. The van der Waals surface area contributed by atoms with Gasteiger partial charge in [0.05, 0.1) is 24.3 Å². The number of carbonyl (C=O) groups is 1. The summed E-state index contributed by atoms with van der Waals surface area (Å²) in [5.41, 5.74) is 1.55. The summed E-state index contributed by atoms with van der Waals surface area (Å²) >= 11 is 5.94. The lowest BCUT2D eigenvalue weighted by Gasteiger charge is -2.31. The van der Waals surface area contributed by atoms with E-state index in [2.05, 4.69) is 20.4 Å². The number of nitrogens with zero attached hydrogens (tertiary/aromatic N) is 3. The number of hydrogen-bond acceptors (Lipinski definition) is 6. The third-order valence-corrected chi connectivity index (χ3v) is 5.57. The molecule has 0 aliphatic carbocycles. The normalized spacial score (nSPS) is 16.8. The van der Waals surface area contributed by atoms with Crippen molar-refractivity contribution in [2.24, 2.45) is 5.92 Å².